The fourth-order valence-corrected chi connectivity index (χ4v) is 3.74. The molecule has 1 fully saturated rings. The van der Waals surface area contributed by atoms with Gasteiger partial charge in [-0.2, -0.15) is 0 Å². The Balaban J connectivity index is 1.49. The summed E-state index contributed by atoms with van der Waals surface area (Å²) in [6, 6.07) is 11.1. The number of benzene rings is 1. The summed E-state index contributed by atoms with van der Waals surface area (Å²) in [6.45, 7) is 2.11. The van der Waals surface area contributed by atoms with Crippen LogP contribution in [-0.2, 0) is 6.54 Å². The van der Waals surface area contributed by atoms with E-state index in [0.717, 1.165) is 37.0 Å². The predicted molar refractivity (Wildman–Crippen MR) is 97.3 cm³/mol. The summed E-state index contributed by atoms with van der Waals surface area (Å²) in [5, 5.41) is 9.29. The van der Waals surface area contributed by atoms with E-state index in [4.69, 9.17) is 0 Å². The van der Waals surface area contributed by atoms with Gasteiger partial charge in [-0.3, -0.25) is 14.5 Å². The minimum Gasteiger partial charge on any atom is -0.478 e. The molecule has 3 aromatic rings. The number of piperidine rings is 1. The number of fused-ring (bicyclic) bond motifs is 1. The summed E-state index contributed by atoms with van der Waals surface area (Å²) in [5.41, 5.74) is 2.57. The highest BCUT2D eigenvalue weighted by Crippen LogP contribution is 2.25. The first-order valence-electron chi connectivity index (χ1n) is 8.72. The number of nitrogens with zero attached hydrogens (tertiary/aromatic N) is 3. The number of rotatable bonds is 4. The number of pyridine rings is 1. The average molecular weight is 352 g/mol. The van der Waals surface area contributed by atoms with Gasteiger partial charge in [0.05, 0.1) is 22.3 Å². The first-order chi connectivity index (χ1) is 12.6. The number of aromatic carboxylic acids is 1. The van der Waals surface area contributed by atoms with Crippen LogP contribution < -0.4 is 5.69 Å². The van der Waals surface area contributed by atoms with E-state index in [1.165, 1.54) is 0 Å². The molecule has 1 aliphatic rings. The van der Waals surface area contributed by atoms with Gasteiger partial charge in [0, 0.05) is 31.9 Å². The van der Waals surface area contributed by atoms with Crippen LogP contribution >= 0.6 is 0 Å². The number of imidazole rings is 1. The Hall–Kier alpha value is -2.93. The Labute approximate surface area is 149 Å². The van der Waals surface area contributed by atoms with Crippen LogP contribution in [0, 0.1) is 0 Å². The number of likely N-dealkylation sites (tertiary alicyclic amines) is 1. The van der Waals surface area contributed by atoms with Crippen LogP contribution in [0.3, 0.4) is 0 Å². The third-order valence-electron chi connectivity index (χ3n) is 5.04. The van der Waals surface area contributed by atoms with E-state index in [-0.39, 0.29) is 17.3 Å². The fourth-order valence-electron chi connectivity index (χ4n) is 3.74. The summed E-state index contributed by atoms with van der Waals surface area (Å²) in [7, 11) is 0. The number of para-hydroxylation sites is 2. The molecule has 0 aliphatic carbocycles. The summed E-state index contributed by atoms with van der Waals surface area (Å²) in [4.78, 5) is 33.0. The second-order valence-electron chi connectivity index (χ2n) is 6.63. The van der Waals surface area contributed by atoms with Gasteiger partial charge in [-0.1, -0.05) is 12.1 Å². The zero-order valence-corrected chi connectivity index (χ0v) is 14.3. The number of nitrogens with one attached hydrogen (secondary N) is 1. The van der Waals surface area contributed by atoms with Crippen LogP contribution in [0.25, 0.3) is 11.0 Å². The number of hydrogen-bond acceptors (Lipinski definition) is 4. The molecule has 0 amide bonds. The van der Waals surface area contributed by atoms with Crippen LogP contribution in [0.15, 0.2) is 47.4 Å². The van der Waals surface area contributed by atoms with Crippen LogP contribution in [0.1, 0.15) is 34.9 Å². The average Bonchev–Trinajstić information content (AvgIpc) is 2.98. The third kappa shape index (κ3) is 3.01. The van der Waals surface area contributed by atoms with Gasteiger partial charge >= 0.3 is 11.7 Å². The molecule has 0 bridgehead atoms. The van der Waals surface area contributed by atoms with Crippen molar-refractivity contribution in [1.82, 2.24) is 19.4 Å². The van der Waals surface area contributed by atoms with Crippen LogP contribution in [0.4, 0.5) is 0 Å². The molecule has 134 valence electrons. The van der Waals surface area contributed by atoms with Gasteiger partial charge in [0.15, 0.2) is 0 Å². The zero-order chi connectivity index (χ0) is 18.1. The van der Waals surface area contributed by atoms with Crippen LogP contribution in [0.5, 0.6) is 0 Å². The largest absolute Gasteiger partial charge is 0.478 e. The lowest BCUT2D eigenvalue weighted by molar-refractivity contribution is 0.0693. The summed E-state index contributed by atoms with van der Waals surface area (Å²) < 4.78 is 1.86. The molecule has 0 atom stereocenters. The highest BCUT2D eigenvalue weighted by molar-refractivity contribution is 5.88. The van der Waals surface area contributed by atoms with Crippen LogP contribution in [0.2, 0.25) is 0 Å². The highest BCUT2D eigenvalue weighted by atomic mass is 16.4. The first kappa shape index (κ1) is 16.5. The van der Waals surface area contributed by atoms with Crippen molar-refractivity contribution >= 4 is 17.0 Å². The highest BCUT2D eigenvalue weighted by Gasteiger charge is 2.24. The van der Waals surface area contributed by atoms with E-state index in [1.54, 1.807) is 18.3 Å². The summed E-state index contributed by atoms with van der Waals surface area (Å²) >= 11 is 0. The third-order valence-corrected chi connectivity index (χ3v) is 5.04. The molecular weight excluding hydrogens is 332 g/mol. The minimum atomic E-state index is -0.951. The lowest BCUT2D eigenvalue weighted by Gasteiger charge is -2.32. The molecule has 0 saturated carbocycles. The molecule has 0 unspecified atom stereocenters. The molecule has 1 saturated heterocycles. The Kier molecular flexibility index (Phi) is 4.30. The summed E-state index contributed by atoms with van der Waals surface area (Å²) in [5.74, 6) is -0.951. The van der Waals surface area contributed by atoms with Gasteiger partial charge in [-0.15, -0.1) is 0 Å². The first-order valence-corrected chi connectivity index (χ1v) is 8.72. The molecule has 0 radical (unpaired) electrons. The Bertz CT molecular complexity index is 999. The van der Waals surface area contributed by atoms with Gasteiger partial charge in [0.1, 0.15) is 0 Å². The molecule has 7 nitrogen and oxygen atoms in total. The number of aromatic amines is 1. The maximum Gasteiger partial charge on any atom is 0.337 e. The van der Waals surface area contributed by atoms with Crippen molar-refractivity contribution in [2.75, 3.05) is 13.1 Å². The zero-order valence-electron chi connectivity index (χ0n) is 14.3. The Morgan fingerprint density at radius 1 is 1.19 bits per heavy atom. The van der Waals surface area contributed by atoms with Crippen molar-refractivity contribution in [3.63, 3.8) is 0 Å². The Morgan fingerprint density at radius 3 is 2.73 bits per heavy atom. The molecule has 1 aromatic carbocycles. The number of carboxylic acid groups (broad SMARTS) is 1. The van der Waals surface area contributed by atoms with Crippen molar-refractivity contribution < 1.29 is 9.90 Å². The number of carboxylic acids is 1. The van der Waals surface area contributed by atoms with Crippen molar-refractivity contribution in [2.24, 2.45) is 0 Å². The molecule has 26 heavy (non-hydrogen) atoms. The second kappa shape index (κ2) is 6.76. The van der Waals surface area contributed by atoms with Crippen molar-refractivity contribution in [2.45, 2.75) is 25.4 Å². The van der Waals surface area contributed by atoms with E-state index in [9.17, 15) is 14.7 Å². The summed E-state index contributed by atoms with van der Waals surface area (Å²) in [6.07, 6.45) is 3.31. The van der Waals surface area contributed by atoms with E-state index in [0.29, 0.717) is 12.2 Å². The minimum absolute atomic E-state index is 0.0671. The lowest BCUT2D eigenvalue weighted by atomic mass is 10.0. The maximum atomic E-state index is 12.3. The van der Waals surface area contributed by atoms with Crippen LogP contribution in [-0.4, -0.2) is 43.6 Å². The van der Waals surface area contributed by atoms with Crippen molar-refractivity contribution in [3.8, 4) is 0 Å². The van der Waals surface area contributed by atoms with Gasteiger partial charge in [-0.25, -0.2) is 9.59 Å². The monoisotopic (exact) mass is 352 g/mol. The molecule has 7 heteroatoms. The second-order valence-corrected chi connectivity index (χ2v) is 6.63. The quantitative estimate of drug-likeness (QED) is 0.751. The molecular formula is C19H20N4O3. The number of carbonyl (C=O) groups is 1. The van der Waals surface area contributed by atoms with Gasteiger partial charge in [0.25, 0.3) is 0 Å². The molecule has 3 heterocycles. The van der Waals surface area contributed by atoms with Gasteiger partial charge < -0.3 is 10.1 Å². The molecule has 4 rings (SSSR count). The number of aromatic nitrogens is 3. The van der Waals surface area contributed by atoms with E-state index >= 15 is 0 Å². The molecule has 2 N–H and O–H groups in total. The fraction of sp³-hybridized carbons (Fsp3) is 0.316. The standard InChI is InChI=1S/C19H20N4O3/c24-18(25)14-4-3-9-20-16(14)12-22-10-7-13(8-11-22)23-17-6-2-1-5-15(17)21-19(23)26/h1-6,9,13H,7-8,10-12H2,(H,21,26)(H,24,25). The van der Waals surface area contributed by atoms with Gasteiger partial charge in [0.2, 0.25) is 0 Å². The lowest BCUT2D eigenvalue weighted by Crippen LogP contribution is -2.37. The van der Waals surface area contributed by atoms with Crippen molar-refractivity contribution in [3.05, 3.63) is 64.3 Å². The normalized spacial score (nSPS) is 16.2. The van der Waals surface area contributed by atoms with E-state index in [1.807, 2.05) is 28.8 Å². The molecule has 1 aliphatic heterocycles. The van der Waals surface area contributed by atoms with E-state index < -0.39 is 5.97 Å². The predicted octanol–water partition coefficient (Wildman–Crippen LogP) is 2.26. The molecule has 2 aromatic heterocycles. The molecule has 0 spiro atoms. The van der Waals surface area contributed by atoms with E-state index in [2.05, 4.69) is 14.9 Å². The Morgan fingerprint density at radius 2 is 1.96 bits per heavy atom. The van der Waals surface area contributed by atoms with Crippen molar-refractivity contribution in [1.29, 1.82) is 0 Å². The van der Waals surface area contributed by atoms with Gasteiger partial charge in [-0.05, 0) is 37.1 Å². The smallest absolute Gasteiger partial charge is 0.337 e. The number of H-pyrrole nitrogens is 1. The maximum absolute atomic E-state index is 12.3. The SMILES string of the molecule is O=C(O)c1cccnc1CN1CCC(n2c(=O)[nH]c3ccccc32)CC1. The number of hydrogen-bond donors (Lipinski definition) is 2. The topological polar surface area (TPSA) is 91.2 Å².